The first-order valence-electron chi connectivity index (χ1n) is 4.18. The monoisotopic (exact) mass is 324 g/mol. The Morgan fingerprint density at radius 1 is 1.43 bits per heavy atom. The minimum absolute atomic E-state index is 0.809. The standard InChI is InChI=1S/C10H13IO2S/c1-10(2,12)7-4-5-9(14-11)8(6-7)13-3/h4-6,12H,1-3H3. The zero-order valence-electron chi connectivity index (χ0n) is 8.37. The van der Waals surface area contributed by atoms with Crippen LogP contribution >= 0.6 is 30.1 Å². The first-order chi connectivity index (χ1) is 6.49. The highest BCUT2D eigenvalue weighted by molar-refractivity contribution is 14.2. The van der Waals surface area contributed by atoms with E-state index in [9.17, 15) is 5.11 Å². The van der Waals surface area contributed by atoms with Crippen LogP contribution in [0.4, 0.5) is 0 Å². The average Bonchev–Trinajstić information content (AvgIpc) is 2.15. The van der Waals surface area contributed by atoms with Gasteiger partial charge >= 0.3 is 0 Å². The topological polar surface area (TPSA) is 29.5 Å². The van der Waals surface area contributed by atoms with E-state index in [1.807, 2.05) is 18.2 Å². The van der Waals surface area contributed by atoms with Gasteiger partial charge in [0.25, 0.3) is 0 Å². The summed E-state index contributed by atoms with van der Waals surface area (Å²) in [5.74, 6) is 0.809. The Hall–Kier alpha value is 0.0600. The van der Waals surface area contributed by atoms with Crippen molar-refractivity contribution in [3.63, 3.8) is 0 Å². The van der Waals surface area contributed by atoms with Crippen molar-refractivity contribution in [3.05, 3.63) is 23.8 Å². The molecule has 4 heteroatoms. The lowest BCUT2D eigenvalue weighted by Gasteiger charge is -2.19. The van der Waals surface area contributed by atoms with Crippen molar-refractivity contribution < 1.29 is 9.84 Å². The highest BCUT2D eigenvalue weighted by Crippen LogP contribution is 2.36. The molecule has 0 radical (unpaired) electrons. The summed E-state index contributed by atoms with van der Waals surface area (Å²) in [6, 6.07) is 5.76. The number of ether oxygens (including phenoxy) is 1. The molecule has 1 aromatic rings. The van der Waals surface area contributed by atoms with E-state index in [1.165, 1.54) is 0 Å². The quantitative estimate of drug-likeness (QED) is 0.865. The molecule has 0 aliphatic heterocycles. The maximum atomic E-state index is 9.81. The molecule has 0 atom stereocenters. The lowest BCUT2D eigenvalue weighted by Crippen LogP contribution is -2.15. The van der Waals surface area contributed by atoms with Crippen LogP contribution in [0.25, 0.3) is 0 Å². The third-order valence-corrected chi connectivity index (χ3v) is 3.88. The van der Waals surface area contributed by atoms with Crippen molar-refractivity contribution in [2.45, 2.75) is 24.3 Å². The molecule has 0 heterocycles. The minimum atomic E-state index is -0.818. The number of hydrogen-bond donors (Lipinski definition) is 1. The van der Waals surface area contributed by atoms with E-state index in [4.69, 9.17) is 4.74 Å². The van der Waals surface area contributed by atoms with Crippen molar-refractivity contribution in [2.75, 3.05) is 7.11 Å². The summed E-state index contributed by atoms with van der Waals surface area (Å²) in [6.45, 7) is 3.53. The fourth-order valence-corrected chi connectivity index (χ4v) is 2.54. The molecule has 0 aromatic heterocycles. The molecule has 0 fully saturated rings. The largest absolute Gasteiger partial charge is 0.496 e. The predicted molar refractivity (Wildman–Crippen MR) is 68.1 cm³/mol. The van der Waals surface area contributed by atoms with E-state index >= 15 is 0 Å². The molecule has 0 saturated carbocycles. The Bertz CT molecular complexity index is 320. The second-order valence-electron chi connectivity index (χ2n) is 3.50. The molecule has 1 N–H and O–H groups in total. The van der Waals surface area contributed by atoms with Gasteiger partial charge in [0, 0.05) is 21.2 Å². The van der Waals surface area contributed by atoms with E-state index in [0.717, 1.165) is 16.2 Å². The number of benzene rings is 1. The molecule has 0 unspecified atom stereocenters. The highest BCUT2D eigenvalue weighted by Gasteiger charge is 2.17. The van der Waals surface area contributed by atoms with Crippen LogP contribution < -0.4 is 4.74 Å². The van der Waals surface area contributed by atoms with Crippen LogP contribution in [0.15, 0.2) is 23.1 Å². The van der Waals surface area contributed by atoms with Crippen molar-refractivity contribution in [3.8, 4) is 5.75 Å². The Morgan fingerprint density at radius 3 is 2.50 bits per heavy atom. The second kappa shape index (κ2) is 4.72. The molecule has 0 bridgehead atoms. The van der Waals surface area contributed by atoms with Gasteiger partial charge in [0.15, 0.2) is 0 Å². The van der Waals surface area contributed by atoms with Crippen molar-refractivity contribution in [1.82, 2.24) is 0 Å². The smallest absolute Gasteiger partial charge is 0.133 e. The molecule has 0 aliphatic rings. The fraction of sp³-hybridized carbons (Fsp3) is 0.400. The van der Waals surface area contributed by atoms with Gasteiger partial charge < -0.3 is 9.84 Å². The summed E-state index contributed by atoms with van der Waals surface area (Å²) in [6.07, 6.45) is 0. The number of hydrogen-bond acceptors (Lipinski definition) is 3. The van der Waals surface area contributed by atoms with Crippen LogP contribution in [-0.2, 0) is 5.60 Å². The summed E-state index contributed by atoms with van der Waals surface area (Å²) in [5, 5.41) is 9.81. The van der Waals surface area contributed by atoms with Gasteiger partial charge in [0.2, 0.25) is 0 Å². The molecule has 2 nitrogen and oxygen atoms in total. The summed E-state index contributed by atoms with van der Waals surface area (Å²) >= 11 is 2.21. The van der Waals surface area contributed by atoms with Crippen LogP contribution in [0.1, 0.15) is 19.4 Å². The molecular weight excluding hydrogens is 311 g/mol. The van der Waals surface area contributed by atoms with E-state index < -0.39 is 5.60 Å². The third kappa shape index (κ3) is 2.77. The average molecular weight is 324 g/mol. The summed E-state index contributed by atoms with van der Waals surface area (Å²) in [5.41, 5.74) is 0.0467. The molecule has 1 rings (SSSR count). The van der Waals surface area contributed by atoms with Gasteiger partial charge in [-0.15, -0.1) is 0 Å². The van der Waals surface area contributed by atoms with Crippen molar-refractivity contribution >= 4 is 30.1 Å². The third-order valence-electron chi connectivity index (χ3n) is 1.95. The highest BCUT2D eigenvalue weighted by atomic mass is 127. The van der Waals surface area contributed by atoms with E-state index in [0.29, 0.717) is 0 Å². The Labute approximate surface area is 101 Å². The van der Waals surface area contributed by atoms with Gasteiger partial charge in [0.05, 0.1) is 17.6 Å². The number of rotatable bonds is 3. The normalized spacial score (nSPS) is 11.5. The van der Waals surface area contributed by atoms with Gasteiger partial charge in [0.1, 0.15) is 5.75 Å². The van der Waals surface area contributed by atoms with Crippen LogP contribution in [0.2, 0.25) is 0 Å². The van der Waals surface area contributed by atoms with Gasteiger partial charge in [-0.3, -0.25) is 0 Å². The van der Waals surface area contributed by atoms with Crippen LogP contribution in [-0.4, -0.2) is 12.2 Å². The zero-order chi connectivity index (χ0) is 10.8. The predicted octanol–water partition coefficient (Wildman–Crippen LogP) is 3.36. The van der Waals surface area contributed by atoms with Crippen LogP contribution in [0.5, 0.6) is 5.75 Å². The van der Waals surface area contributed by atoms with Crippen molar-refractivity contribution in [2.24, 2.45) is 0 Å². The van der Waals surface area contributed by atoms with Crippen LogP contribution in [0, 0.1) is 0 Å². The molecule has 14 heavy (non-hydrogen) atoms. The summed E-state index contributed by atoms with van der Waals surface area (Å²) in [4.78, 5) is 1.07. The molecule has 0 amide bonds. The molecular formula is C10H13IO2S. The summed E-state index contributed by atoms with van der Waals surface area (Å²) in [7, 11) is 3.24. The Morgan fingerprint density at radius 2 is 2.07 bits per heavy atom. The lowest BCUT2D eigenvalue weighted by molar-refractivity contribution is 0.0782. The molecule has 0 saturated heterocycles. The van der Waals surface area contributed by atoms with E-state index in [2.05, 4.69) is 21.2 Å². The van der Waals surface area contributed by atoms with Crippen molar-refractivity contribution in [1.29, 1.82) is 0 Å². The Kier molecular flexibility index (Phi) is 4.09. The summed E-state index contributed by atoms with van der Waals surface area (Å²) < 4.78 is 5.24. The van der Waals surface area contributed by atoms with Gasteiger partial charge in [-0.05, 0) is 40.5 Å². The van der Waals surface area contributed by atoms with E-state index in [-0.39, 0.29) is 0 Å². The number of halogens is 1. The maximum absolute atomic E-state index is 9.81. The van der Waals surface area contributed by atoms with Crippen LogP contribution in [0.3, 0.4) is 0 Å². The number of methoxy groups -OCH3 is 1. The zero-order valence-corrected chi connectivity index (χ0v) is 11.3. The van der Waals surface area contributed by atoms with E-state index in [1.54, 1.807) is 29.9 Å². The Balaban J connectivity index is 3.14. The first-order valence-corrected chi connectivity index (χ1v) is 7.54. The molecule has 0 aliphatic carbocycles. The van der Waals surface area contributed by atoms with Gasteiger partial charge in [-0.1, -0.05) is 6.07 Å². The maximum Gasteiger partial charge on any atom is 0.133 e. The molecule has 0 spiro atoms. The molecule has 78 valence electrons. The first kappa shape index (κ1) is 12.1. The fourth-order valence-electron chi connectivity index (χ4n) is 1.11. The minimum Gasteiger partial charge on any atom is -0.496 e. The van der Waals surface area contributed by atoms with Gasteiger partial charge in [-0.2, -0.15) is 0 Å². The molecule has 1 aromatic carbocycles. The SMILES string of the molecule is COc1cc(C(C)(C)O)ccc1SI. The lowest BCUT2D eigenvalue weighted by atomic mass is 9.98. The second-order valence-corrected chi connectivity index (χ2v) is 5.42. The van der Waals surface area contributed by atoms with Gasteiger partial charge in [-0.25, -0.2) is 0 Å². The number of aliphatic hydroxyl groups is 1.